The molecule has 1 aromatic rings. The van der Waals surface area contributed by atoms with Gasteiger partial charge in [0.2, 0.25) is 0 Å². The molecule has 0 unspecified atom stereocenters. The fourth-order valence-corrected chi connectivity index (χ4v) is 1.10. The number of halogens is 3. The van der Waals surface area contributed by atoms with Crippen molar-refractivity contribution in [2.45, 2.75) is 19.5 Å². The lowest BCUT2D eigenvalue weighted by Crippen LogP contribution is -2.03. The van der Waals surface area contributed by atoms with Gasteiger partial charge >= 0.3 is 6.18 Å². The summed E-state index contributed by atoms with van der Waals surface area (Å²) in [4.78, 5) is 0. The van der Waals surface area contributed by atoms with Gasteiger partial charge in [-0.25, -0.2) is 0 Å². The summed E-state index contributed by atoms with van der Waals surface area (Å²) in [6, 6.07) is 7.34. The van der Waals surface area contributed by atoms with Gasteiger partial charge in [0.1, 0.15) is 0 Å². The molecule has 3 heteroatoms. The van der Waals surface area contributed by atoms with Crippen molar-refractivity contribution in [2.24, 2.45) is 0 Å². The zero-order valence-corrected chi connectivity index (χ0v) is 7.81. The van der Waals surface area contributed by atoms with Gasteiger partial charge in [0.25, 0.3) is 0 Å². The van der Waals surface area contributed by atoms with Gasteiger partial charge in [0, 0.05) is 0 Å². The minimum absolute atomic E-state index is 0.800. The number of hydrogen-bond donors (Lipinski definition) is 0. The van der Waals surface area contributed by atoms with E-state index in [4.69, 9.17) is 0 Å². The van der Waals surface area contributed by atoms with Crippen LogP contribution in [0.2, 0.25) is 0 Å². The van der Waals surface area contributed by atoms with Gasteiger partial charge < -0.3 is 0 Å². The molecule has 14 heavy (non-hydrogen) atoms. The molecule has 0 saturated heterocycles. The van der Waals surface area contributed by atoms with Crippen LogP contribution in [0.4, 0.5) is 13.2 Å². The summed E-state index contributed by atoms with van der Waals surface area (Å²) in [7, 11) is 0. The molecule has 0 fully saturated rings. The molecule has 1 rings (SSSR count). The summed E-state index contributed by atoms with van der Waals surface area (Å²) >= 11 is 0. The van der Waals surface area contributed by atoms with Crippen LogP contribution in [0.25, 0.3) is 6.08 Å². The van der Waals surface area contributed by atoms with Gasteiger partial charge in [-0.2, -0.15) is 13.2 Å². The SMILES string of the molecule is Cc1cccc(C=CCC(F)(F)F)c1. The molecule has 0 aliphatic rings. The summed E-state index contributed by atoms with van der Waals surface area (Å²) in [5.74, 6) is 0. The second-order valence-corrected chi connectivity index (χ2v) is 3.14. The van der Waals surface area contributed by atoms with Gasteiger partial charge in [0.15, 0.2) is 0 Å². The highest BCUT2D eigenvalue weighted by Crippen LogP contribution is 2.20. The number of benzene rings is 1. The monoisotopic (exact) mass is 200 g/mol. The predicted octanol–water partition coefficient (Wildman–Crippen LogP) is 3.96. The van der Waals surface area contributed by atoms with Crippen LogP contribution in [0.3, 0.4) is 0 Å². The van der Waals surface area contributed by atoms with Crippen molar-refractivity contribution < 1.29 is 13.2 Å². The highest BCUT2D eigenvalue weighted by atomic mass is 19.4. The molecule has 0 spiro atoms. The first-order chi connectivity index (χ1) is 6.47. The highest BCUT2D eigenvalue weighted by Gasteiger charge is 2.24. The van der Waals surface area contributed by atoms with Crippen molar-refractivity contribution in [2.75, 3.05) is 0 Å². The van der Waals surface area contributed by atoms with Crippen molar-refractivity contribution in [1.29, 1.82) is 0 Å². The van der Waals surface area contributed by atoms with Crippen LogP contribution in [0.1, 0.15) is 17.5 Å². The van der Waals surface area contributed by atoms with Crippen molar-refractivity contribution in [3.8, 4) is 0 Å². The van der Waals surface area contributed by atoms with E-state index in [1.807, 2.05) is 25.1 Å². The number of rotatable bonds is 2. The van der Waals surface area contributed by atoms with Crippen LogP contribution < -0.4 is 0 Å². The molecule has 0 N–H and O–H groups in total. The Morgan fingerprint density at radius 2 is 2.00 bits per heavy atom. The van der Waals surface area contributed by atoms with Crippen molar-refractivity contribution in [1.82, 2.24) is 0 Å². The summed E-state index contributed by atoms with van der Waals surface area (Å²) in [5.41, 5.74) is 1.84. The van der Waals surface area contributed by atoms with Crippen LogP contribution in [0.15, 0.2) is 30.3 Å². The van der Waals surface area contributed by atoms with E-state index < -0.39 is 12.6 Å². The fourth-order valence-electron chi connectivity index (χ4n) is 1.10. The molecule has 0 nitrogen and oxygen atoms in total. The smallest absolute Gasteiger partial charge is 0.171 e. The molecule has 0 aromatic heterocycles. The fraction of sp³-hybridized carbons (Fsp3) is 0.273. The van der Waals surface area contributed by atoms with Crippen molar-refractivity contribution >= 4 is 6.08 Å². The first-order valence-corrected chi connectivity index (χ1v) is 4.27. The number of allylic oxidation sites excluding steroid dienone is 1. The highest BCUT2D eigenvalue weighted by molar-refractivity contribution is 5.50. The number of alkyl halides is 3. The van der Waals surface area contributed by atoms with Gasteiger partial charge in [-0.05, 0) is 12.5 Å². The number of aryl methyl sites for hydroxylation is 1. The minimum Gasteiger partial charge on any atom is -0.171 e. The summed E-state index contributed by atoms with van der Waals surface area (Å²) in [6.07, 6.45) is -2.36. The Morgan fingerprint density at radius 3 is 2.57 bits per heavy atom. The molecule has 76 valence electrons. The number of hydrogen-bond acceptors (Lipinski definition) is 0. The minimum atomic E-state index is -4.11. The molecule has 0 heterocycles. The van der Waals surface area contributed by atoms with E-state index in [0.29, 0.717) is 0 Å². The first kappa shape index (κ1) is 10.8. The van der Waals surface area contributed by atoms with Crippen molar-refractivity contribution in [3.63, 3.8) is 0 Å². The van der Waals surface area contributed by atoms with E-state index in [2.05, 4.69) is 0 Å². The Labute approximate surface area is 81.1 Å². The Morgan fingerprint density at radius 1 is 1.29 bits per heavy atom. The predicted molar refractivity (Wildman–Crippen MR) is 50.9 cm³/mol. The maximum atomic E-state index is 11.8. The van der Waals surface area contributed by atoms with Crippen LogP contribution in [-0.2, 0) is 0 Å². The lowest BCUT2D eigenvalue weighted by Gasteiger charge is -2.00. The quantitative estimate of drug-likeness (QED) is 0.677. The van der Waals surface area contributed by atoms with E-state index in [9.17, 15) is 13.2 Å². The van der Waals surface area contributed by atoms with E-state index in [1.54, 1.807) is 6.07 Å². The largest absolute Gasteiger partial charge is 0.392 e. The second-order valence-electron chi connectivity index (χ2n) is 3.14. The molecular weight excluding hydrogens is 189 g/mol. The van der Waals surface area contributed by atoms with E-state index in [0.717, 1.165) is 17.2 Å². The Kier molecular flexibility index (Phi) is 3.33. The molecule has 0 bridgehead atoms. The lowest BCUT2D eigenvalue weighted by molar-refractivity contribution is -0.124. The van der Waals surface area contributed by atoms with Crippen LogP contribution in [-0.4, -0.2) is 6.18 Å². The summed E-state index contributed by atoms with van der Waals surface area (Å²) < 4.78 is 35.4. The topological polar surface area (TPSA) is 0 Å². The van der Waals surface area contributed by atoms with Crippen LogP contribution >= 0.6 is 0 Å². The second kappa shape index (κ2) is 4.31. The first-order valence-electron chi connectivity index (χ1n) is 4.27. The summed E-state index contributed by atoms with van der Waals surface area (Å²) in [6.45, 7) is 1.90. The third-order valence-corrected chi connectivity index (χ3v) is 1.70. The Bertz CT molecular complexity index is 324. The van der Waals surface area contributed by atoms with Crippen LogP contribution in [0.5, 0.6) is 0 Å². The van der Waals surface area contributed by atoms with Gasteiger partial charge in [-0.15, -0.1) is 0 Å². The summed E-state index contributed by atoms with van der Waals surface area (Å²) in [5, 5.41) is 0. The standard InChI is InChI=1S/C11H11F3/c1-9-4-2-5-10(8-9)6-3-7-11(12,13)14/h2-6,8H,7H2,1H3. The van der Waals surface area contributed by atoms with Crippen LogP contribution in [0, 0.1) is 6.92 Å². The van der Waals surface area contributed by atoms with Gasteiger partial charge in [0.05, 0.1) is 6.42 Å². The van der Waals surface area contributed by atoms with Gasteiger partial charge in [-0.1, -0.05) is 42.0 Å². The molecule has 0 radical (unpaired) electrons. The average Bonchev–Trinajstić information content (AvgIpc) is 2.01. The van der Waals surface area contributed by atoms with Crippen molar-refractivity contribution in [3.05, 3.63) is 41.5 Å². The molecule has 0 saturated carbocycles. The van der Waals surface area contributed by atoms with E-state index in [-0.39, 0.29) is 0 Å². The maximum Gasteiger partial charge on any atom is 0.392 e. The molecule has 0 atom stereocenters. The van der Waals surface area contributed by atoms with E-state index >= 15 is 0 Å². The van der Waals surface area contributed by atoms with E-state index in [1.165, 1.54) is 6.08 Å². The molecular formula is C11H11F3. The molecule has 0 aliphatic heterocycles. The molecule has 0 aliphatic carbocycles. The molecule has 1 aromatic carbocycles. The normalized spacial score (nSPS) is 12.3. The maximum absolute atomic E-state index is 11.8. The Balaban J connectivity index is 2.61. The lowest BCUT2D eigenvalue weighted by atomic mass is 10.1. The third-order valence-electron chi connectivity index (χ3n) is 1.70. The Hall–Kier alpha value is -1.25. The zero-order valence-electron chi connectivity index (χ0n) is 7.81. The third kappa shape index (κ3) is 4.12. The zero-order chi connectivity index (χ0) is 10.6. The molecule has 0 amide bonds. The van der Waals surface area contributed by atoms with Gasteiger partial charge in [-0.3, -0.25) is 0 Å². The average molecular weight is 200 g/mol.